The van der Waals surface area contributed by atoms with Crippen LogP contribution in [0.15, 0.2) is 66.7 Å². The van der Waals surface area contributed by atoms with Gasteiger partial charge in [0.15, 0.2) is 6.61 Å². The maximum absolute atomic E-state index is 12.1. The van der Waals surface area contributed by atoms with Crippen molar-refractivity contribution in [1.29, 1.82) is 0 Å². The number of ether oxygens (including phenoxy) is 2. The highest BCUT2D eigenvalue weighted by Gasteiger charge is 2.10. The molecule has 206 valence electrons. The fourth-order valence-electron chi connectivity index (χ4n) is 4.54. The van der Waals surface area contributed by atoms with Crippen LogP contribution in [0.4, 0.5) is 0 Å². The summed E-state index contributed by atoms with van der Waals surface area (Å²) in [5.41, 5.74) is 4.71. The summed E-state index contributed by atoms with van der Waals surface area (Å²) in [6.45, 7) is 6.50. The van der Waals surface area contributed by atoms with Crippen LogP contribution in [0.3, 0.4) is 0 Å². The zero-order valence-corrected chi connectivity index (χ0v) is 23.7. The zero-order chi connectivity index (χ0) is 27.5. The van der Waals surface area contributed by atoms with Gasteiger partial charge in [0.2, 0.25) is 0 Å². The van der Waals surface area contributed by atoms with E-state index in [9.17, 15) is 4.79 Å². The Hall–Kier alpha value is -3.51. The number of aromatic nitrogens is 2. The lowest BCUT2D eigenvalue weighted by Gasteiger charge is -2.12. The average Bonchev–Trinajstić information content (AvgIpc) is 3.29. The molecular weight excluding hydrogens is 510 g/mol. The lowest BCUT2D eigenvalue weighted by atomic mass is 10.1. The fourth-order valence-corrected chi connectivity index (χ4v) is 4.67. The highest BCUT2D eigenvalue weighted by molar-refractivity contribution is 6.30. The third-order valence-electron chi connectivity index (χ3n) is 6.91. The van der Waals surface area contributed by atoms with Crippen molar-refractivity contribution in [2.45, 2.75) is 58.9 Å². The van der Waals surface area contributed by atoms with Gasteiger partial charge in [0.1, 0.15) is 17.3 Å². The van der Waals surface area contributed by atoms with Gasteiger partial charge in [-0.25, -0.2) is 4.98 Å². The SMILES string of the molecule is Cc1cccc(OCCCCn2c(CCCCCNC(=O)COc3ccc(Cl)cc3)nc3ccccc32)c1C. The van der Waals surface area contributed by atoms with Gasteiger partial charge < -0.3 is 19.4 Å². The standard InChI is InChI=1S/C32H38ClN3O3/c1-24-11-10-14-30(25(24)2)38-22-9-8-21-36-29-13-6-5-12-28(29)35-31(36)15-4-3-7-20-34-32(37)23-39-27-18-16-26(33)17-19-27/h5-6,10-14,16-19H,3-4,7-9,15,20-23H2,1-2H3,(H,34,37). The highest BCUT2D eigenvalue weighted by atomic mass is 35.5. The van der Waals surface area contributed by atoms with E-state index in [1.165, 1.54) is 16.6 Å². The average molecular weight is 548 g/mol. The molecule has 0 bridgehead atoms. The van der Waals surface area contributed by atoms with Crippen molar-refractivity contribution in [2.75, 3.05) is 19.8 Å². The number of carbonyl (C=O) groups is 1. The number of hydrogen-bond donors (Lipinski definition) is 1. The maximum Gasteiger partial charge on any atom is 0.257 e. The number of unbranched alkanes of at least 4 members (excludes halogenated alkanes) is 3. The molecule has 1 amide bonds. The van der Waals surface area contributed by atoms with Crippen molar-refractivity contribution in [3.8, 4) is 11.5 Å². The van der Waals surface area contributed by atoms with Gasteiger partial charge in [0, 0.05) is 24.5 Å². The van der Waals surface area contributed by atoms with E-state index in [0.29, 0.717) is 23.9 Å². The van der Waals surface area contributed by atoms with E-state index < -0.39 is 0 Å². The van der Waals surface area contributed by atoms with Crippen molar-refractivity contribution in [1.82, 2.24) is 14.9 Å². The van der Waals surface area contributed by atoms with E-state index in [2.05, 4.69) is 48.0 Å². The second-order valence-electron chi connectivity index (χ2n) is 9.83. The number of amides is 1. The number of rotatable bonds is 15. The van der Waals surface area contributed by atoms with E-state index in [0.717, 1.165) is 62.2 Å². The maximum atomic E-state index is 12.1. The summed E-state index contributed by atoms with van der Waals surface area (Å²) in [6, 6.07) is 21.6. The minimum atomic E-state index is -0.117. The highest BCUT2D eigenvalue weighted by Crippen LogP contribution is 2.22. The molecule has 0 unspecified atom stereocenters. The van der Waals surface area contributed by atoms with Crippen LogP contribution in [-0.4, -0.2) is 35.2 Å². The summed E-state index contributed by atoms with van der Waals surface area (Å²) in [7, 11) is 0. The number of benzene rings is 3. The second-order valence-corrected chi connectivity index (χ2v) is 10.3. The Balaban J connectivity index is 1.17. The van der Waals surface area contributed by atoms with Crippen LogP contribution in [-0.2, 0) is 17.8 Å². The summed E-state index contributed by atoms with van der Waals surface area (Å²) in [5, 5.41) is 3.57. The third-order valence-corrected chi connectivity index (χ3v) is 7.16. The number of halogens is 1. The number of nitrogens with one attached hydrogen (secondary N) is 1. The predicted molar refractivity (Wildman–Crippen MR) is 158 cm³/mol. The molecule has 0 fully saturated rings. The van der Waals surface area contributed by atoms with E-state index in [4.69, 9.17) is 26.1 Å². The topological polar surface area (TPSA) is 65.4 Å². The molecule has 1 N–H and O–H groups in total. The van der Waals surface area contributed by atoms with Crippen molar-refractivity contribution in [2.24, 2.45) is 0 Å². The molecule has 0 saturated heterocycles. The first kappa shape index (κ1) is 28.5. The predicted octanol–water partition coefficient (Wildman–Crippen LogP) is 7.07. The van der Waals surface area contributed by atoms with Gasteiger partial charge in [-0.3, -0.25) is 4.79 Å². The largest absolute Gasteiger partial charge is 0.493 e. The summed E-state index contributed by atoms with van der Waals surface area (Å²) in [6.07, 6.45) is 5.90. The summed E-state index contributed by atoms with van der Waals surface area (Å²) in [4.78, 5) is 17.0. The van der Waals surface area contributed by atoms with E-state index in [1.54, 1.807) is 24.3 Å². The minimum Gasteiger partial charge on any atom is -0.493 e. The Morgan fingerprint density at radius 3 is 2.56 bits per heavy atom. The summed E-state index contributed by atoms with van der Waals surface area (Å²) in [5.74, 6) is 2.63. The van der Waals surface area contributed by atoms with Crippen molar-refractivity contribution in [3.05, 3.63) is 88.7 Å². The van der Waals surface area contributed by atoms with Crippen LogP contribution in [0, 0.1) is 13.8 Å². The van der Waals surface area contributed by atoms with Gasteiger partial charge in [-0.15, -0.1) is 0 Å². The number of aryl methyl sites for hydroxylation is 3. The minimum absolute atomic E-state index is 0.00128. The lowest BCUT2D eigenvalue weighted by molar-refractivity contribution is -0.123. The van der Waals surface area contributed by atoms with Gasteiger partial charge in [0.25, 0.3) is 5.91 Å². The molecule has 0 spiro atoms. The number of hydrogen-bond acceptors (Lipinski definition) is 4. The molecular formula is C32H38ClN3O3. The number of imidazole rings is 1. The second kappa shape index (κ2) is 14.6. The Morgan fingerprint density at radius 1 is 0.897 bits per heavy atom. The lowest BCUT2D eigenvalue weighted by Crippen LogP contribution is -2.29. The van der Waals surface area contributed by atoms with Crippen molar-refractivity contribution in [3.63, 3.8) is 0 Å². The first-order valence-corrected chi connectivity index (χ1v) is 14.2. The molecule has 1 aromatic heterocycles. The monoisotopic (exact) mass is 547 g/mol. The molecule has 0 aliphatic carbocycles. The summed E-state index contributed by atoms with van der Waals surface area (Å²) < 4.78 is 13.9. The van der Waals surface area contributed by atoms with Crippen molar-refractivity contribution >= 4 is 28.5 Å². The van der Waals surface area contributed by atoms with Crippen LogP contribution >= 0.6 is 11.6 Å². The molecule has 0 atom stereocenters. The van der Waals surface area contributed by atoms with Crippen molar-refractivity contribution < 1.29 is 14.3 Å². The van der Waals surface area contributed by atoms with Crippen LogP contribution in [0.5, 0.6) is 11.5 Å². The Labute approximate surface area is 236 Å². The number of carbonyl (C=O) groups excluding carboxylic acids is 1. The normalized spacial score (nSPS) is 11.1. The molecule has 1 heterocycles. The van der Waals surface area contributed by atoms with Crippen LogP contribution in [0.1, 0.15) is 49.1 Å². The van der Waals surface area contributed by atoms with Crippen LogP contribution < -0.4 is 14.8 Å². The van der Waals surface area contributed by atoms with Gasteiger partial charge in [-0.1, -0.05) is 42.3 Å². The van der Waals surface area contributed by atoms with Gasteiger partial charge in [-0.2, -0.15) is 0 Å². The van der Waals surface area contributed by atoms with Gasteiger partial charge in [-0.05, 0) is 93.1 Å². The number of fused-ring (bicyclic) bond motifs is 1. The molecule has 4 aromatic rings. The number of nitrogens with zero attached hydrogens (tertiary/aromatic N) is 2. The van der Waals surface area contributed by atoms with E-state index in [-0.39, 0.29) is 12.5 Å². The first-order valence-electron chi connectivity index (χ1n) is 13.8. The molecule has 0 aliphatic heterocycles. The third kappa shape index (κ3) is 8.49. The van der Waals surface area contributed by atoms with Gasteiger partial charge in [0.05, 0.1) is 17.6 Å². The fraction of sp³-hybridized carbons (Fsp3) is 0.375. The Bertz CT molecular complexity index is 1350. The molecule has 6 nitrogen and oxygen atoms in total. The van der Waals surface area contributed by atoms with E-state index >= 15 is 0 Å². The Morgan fingerprint density at radius 2 is 1.72 bits per heavy atom. The van der Waals surface area contributed by atoms with E-state index in [1.807, 2.05) is 18.2 Å². The Kier molecular flexibility index (Phi) is 10.7. The van der Waals surface area contributed by atoms with Crippen LogP contribution in [0.25, 0.3) is 11.0 Å². The first-order chi connectivity index (χ1) is 19.0. The molecule has 4 rings (SSSR count). The zero-order valence-electron chi connectivity index (χ0n) is 22.9. The molecule has 3 aromatic carbocycles. The van der Waals surface area contributed by atoms with Crippen LogP contribution in [0.2, 0.25) is 5.02 Å². The quantitative estimate of drug-likeness (QED) is 0.162. The number of para-hydroxylation sites is 2. The molecule has 39 heavy (non-hydrogen) atoms. The van der Waals surface area contributed by atoms with Gasteiger partial charge >= 0.3 is 0 Å². The molecule has 0 saturated carbocycles. The molecule has 0 radical (unpaired) electrons. The smallest absolute Gasteiger partial charge is 0.257 e. The molecule has 0 aliphatic rings. The molecule has 7 heteroatoms. The summed E-state index contributed by atoms with van der Waals surface area (Å²) >= 11 is 5.87.